The van der Waals surface area contributed by atoms with Gasteiger partial charge in [-0.05, 0) is 55.6 Å². The zero-order valence-electron chi connectivity index (χ0n) is 21.7. The monoisotopic (exact) mass is 530 g/mol. The number of urea groups is 1. The minimum Gasteiger partial charge on any atom is -0.495 e. The van der Waals surface area contributed by atoms with Crippen molar-refractivity contribution < 1.29 is 19.1 Å². The second-order valence-corrected chi connectivity index (χ2v) is 8.75. The van der Waals surface area contributed by atoms with Gasteiger partial charge in [0.05, 0.1) is 12.8 Å². The molecule has 39 heavy (non-hydrogen) atoms. The van der Waals surface area contributed by atoms with Crippen LogP contribution >= 0.6 is 0 Å². The van der Waals surface area contributed by atoms with E-state index in [1.54, 1.807) is 48.5 Å². The number of rotatable bonds is 8. The summed E-state index contributed by atoms with van der Waals surface area (Å²) in [5.74, 6) is 0.527. The van der Waals surface area contributed by atoms with Gasteiger partial charge in [0.25, 0.3) is 5.91 Å². The zero-order valence-corrected chi connectivity index (χ0v) is 21.7. The molecule has 1 saturated heterocycles. The van der Waals surface area contributed by atoms with Crippen molar-refractivity contribution in [3.05, 3.63) is 72.9 Å². The smallest absolute Gasteiger partial charge is 0.324 e. The fraction of sp³-hybridized carbons (Fsp3) is 0.222. The number of aromatic nitrogens is 2. The maximum Gasteiger partial charge on any atom is 0.324 e. The van der Waals surface area contributed by atoms with E-state index in [4.69, 9.17) is 4.74 Å². The minimum absolute atomic E-state index is 0.0463. The molecule has 1 aliphatic heterocycles. The van der Waals surface area contributed by atoms with E-state index in [1.165, 1.54) is 13.3 Å². The molecule has 0 aliphatic carbocycles. The lowest BCUT2D eigenvalue weighted by molar-refractivity contribution is -0.111. The van der Waals surface area contributed by atoms with E-state index in [-0.39, 0.29) is 23.6 Å². The first kappa shape index (κ1) is 27.1. The van der Waals surface area contributed by atoms with Gasteiger partial charge in [0.2, 0.25) is 11.9 Å². The van der Waals surface area contributed by atoms with Crippen molar-refractivity contribution in [2.24, 2.45) is 0 Å². The average molecular weight is 531 g/mol. The average Bonchev–Trinajstić information content (AvgIpc) is 2.93. The number of anilines is 5. The van der Waals surface area contributed by atoms with Crippen LogP contribution < -0.4 is 26.0 Å². The fourth-order valence-electron chi connectivity index (χ4n) is 3.88. The van der Waals surface area contributed by atoms with Crippen molar-refractivity contribution >= 4 is 46.7 Å². The summed E-state index contributed by atoms with van der Waals surface area (Å²) in [6, 6.07) is 12.8. The molecule has 0 saturated carbocycles. The minimum atomic E-state index is -0.531. The molecule has 12 nitrogen and oxygen atoms in total. The standard InChI is InChI=1S/C27H30N8O4/c1-4-24(36)29-19-6-5-7-20(17-19)30-27(38)33-23-10-11-28-26(32-23)31-21-9-8-18(16-22(21)39-3)25(37)35-14-12-34(2)13-15-35/h4-11,16-17H,1,12-15H2,2-3H3,(H,29,36)(H3,28,30,31,32,33,38). The predicted molar refractivity (Wildman–Crippen MR) is 150 cm³/mol. The van der Waals surface area contributed by atoms with Gasteiger partial charge in [-0.3, -0.25) is 14.9 Å². The Kier molecular flexibility index (Phi) is 8.69. The molecular weight excluding hydrogens is 500 g/mol. The van der Waals surface area contributed by atoms with Crippen LogP contribution in [0.3, 0.4) is 0 Å². The summed E-state index contributed by atoms with van der Waals surface area (Å²) >= 11 is 0. The Morgan fingerprint density at radius 2 is 1.72 bits per heavy atom. The number of nitrogens with zero attached hydrogens (tertiary/aromatic N) is 4. The third-order valence-corrected chi connectivity index (χ3v) is 5.96. The number of ether oxygens (including phenoxy) is 1. The van der Waals surface area contributed by atoms with Gasteiger partial charge in [-0.1, -0.05) is 12.6 Å². The SMILES string of the molecule is C=CC(=O)Nc1cccc(NC(=O)Nc2ccnc(Nc3ccc(C(=O)N4CCN(C)CC4)cc3OC)n2)c1. The van der Waals surface area contributed by atoms with Crippen LogP contribution in [0.25, 0.3) is 0 Å². The normalized spacial score (nSPS) is 13.2. The molecule has 0 atom stereocenters. The van der Waals surface area contributed by atoms with Crippen LogP contribution in [0.2, 0.25) is 0 Å². The Hall–Kier alpha value is -4.97. The summed E-state index contributed by atoms with van der Waals surface area (Å²) in [7, 11) is 3.56. The number of benzene rings is 2. The third-order valence-electron chi connectivity index (χ3n) is 5.96. The van der Waals surface area contributed by atoms with Crippen molar-refractivity contribution in [3.63, 3.8) is 0 Å². The summed E-state index contributed by atoms with van der Waals surface area (Å²) in [4.78, 5) is 49.5. The van der Waals surface area contributed by atoms with E-state index in [2.05, 4.69) is 42.7 Å². The molecule has 0 radical (unpaired) electrons. The van der Waals surface area contributed by atoms with Crippen molar-refractivity contribution in [1.82, 2.24) is 19.8 Å². The third kappa shape index (κ3) is 7.29. The van der Waals surface area contributed by atoms with E-state index in [1.807, 2.05) is 11.9 Å². The number of piperazine rings is 1. The number of nitrogens with one attached hydrogen (secondary N) is 4. The van der Waals surface area contributed by atoms with E-state index in [0.717, 1.165) is 19.2 Å². The topological polar surface area (TPSA) is 141 Å². The largest absolute Gasteiger partial charge is 0.495 e. The molecule has 202 valence electrons. The molecule has 3 aromatic rings. The van der Waals surface area contributed by atoms with Crippen molar-refractivity contribution in [2.75, 3.05) is 61.6 Å². The number of amides is 4. The van der Waals surface area contributed by atoms with Crippen LogP contribution in [-0.2, 0) is 4.79 Å². The number of carbonyl (C=O) groups is 3. The second-order valence-electron chi connectivity index (χ2n) is 8.75. The van der Waals surface area contributed by atoms with E-state index in [9.17, 15) is 14.4 Å². The zero-order chi connectivity index (χ0) is 27.8. The van der Waals surface area contributed by atoms with Crippen LogP contribution in [0, 0.1) is 0 Å². The highest BCUT2D eigenvalue weighted by Crippen LogP contribution is 2.28. The molecular formula is C27H30N8O4. The van der Waals surface area contributed by atoms with E-state index in [0.29, 0.717) is 41.5 Å². The number of hydrogen-bond donors (Lipinski definition) is 4. The second kappa shape index (κ2) is 12.5. The molecule has 1 aliphatic rings. The lowest BCUT2D eigenvalue weighted by atomic mass is 10.1. The molecule has 1 fully saturated rings. The molecule has 4 rings (SSSR count). The van der Waals surface area contributed by atoms with Gasteiger partial charge in [0.15, 0.2) is 0 Å². The van der Waals surface area contributed by atoms with Crippen LogP contribution in [-0.4, -0.2) is 77.9 Å². The molecule has 0 bridgehead atoms. The number of hydrogen-bond acceptors (Lipinski definition) is 8. The Labute approximate surface area is 226 Å². The van der Waals surface area contributed by atoms with Gasteiger partial charge >= 0.3 is 6.03 Å². The molecule has 0 spiro atoms. The lowest BCUT2D eigenvalue weighted by Gasteiger charge is -2.32. The summed E-state index contributed by atoms with van der Waals surface area (Å²) in [5, 5.41) is 11.0. The predicted octanol–water partition coefficient (Wildman–Crippen LogP) is 3.38. The maximum atomic E-state index is 12.9. The van der Waals surface area contributed by atoms with E-state index >= 15 is 0 Å². The molecule has 0 unspecified atom stereocenters. The van der Waals surface area contributed by atoms with Gasteiger partial charge < -0.3 is 30.5 Å². The highest BCUT2D eigenvalue weighted by Gasteiger charge is 2.21. The number of carbonyl (C=O) groups excluding carboxylic acids is 3. The molecule has 2 aromatic carbocycles. The molecule has 4 amide bonds. The maximum absolute atomic E-state index is 12.9. The van der Waals surface area contributed by atoms with Gasteiger partial charge in [0.1, 0.15) is 11.6 Å². The first-order valence-corrected chi connectivity index (χ1v) is 12.2. The fourth-order valence-corrected chi connectivity index (χ4v) is 3.88. The van der Waals surface area contributed by atoms with Crippen LogP contribution in [0.4, 0.5) is 33.6 Å². The van der Waals surface area contributed by atoms with Crippen LogP contribution in [0.1, 0.15) is 10.4 Å². The van der Waals surface area contributed by atoms with Crippen molar-refractivity contribution in [1.29, 1.82) is 0 Å². The lowest BCUT2D eigenvalue weighted by Crippen LogP contribution is -2.47. The summed E-state index contributed by atoms with van der Waals surface area (Å²) < 4.78 is 5.51. The first-order valence-electron chi connectivity index (χ1n) is 12.2. The van der Waals surface area contributed by atoms with Gasteiger partial charge in [-0.15, -0.1) is 0 Å². The highest BCUT2D eigenvalue weighted by atomic mass is 16.5. The Morgan fingerprint density at radius 3 is 2.44 bits per heavy atom. The summed E-state index contributed by atoms with van der Waals surface area (Å²) in [6.07, 6.45) is 2.65. The molecule has 12 heteroatoms. The molecule has 4 N–H and O–H groups in total. The van der Waals surface area contributed by atoms with Gasteiger partial charge in [-0.25, -0.2) is 9.78 Å². The number of methoxy groups -OCH3 is 1. The number of likely N-dealkylation sites (N-methyl/N-ethyl adjacent to an activating group) is 1. The van der Waals surface area contributed by atoms with Gasteiger partial charge in [0, 0.05) is 49.3 Å². The quantitative estimate of drug-likeness (QED) is 0.325. The molecule has 1 aromatic heterocycles. The van der Waals surface area contributed by atoms with E-state index < -0.39 is 6.03 Å². The Bertz CT molecular complexity index is 1370. The summed E-state index contributed by atoms with van der Waals surface area (Å²) in [5.41, 5.74) is 2.07. The Morgan fingerprint density at radius 1 is 0.974 bits per heavy atom. The van der Waals surface area contributed by atoms with Crippen LogP contribution in [0.15, 0.2) is 67.4 Å². The Balaban J connectivity index is 1.40. The van der Waals surface area contributed by atoms with Crippen molar-refractivity contribution in [2.45, 2.75) is 0 Å². The highest BCUT2D eigenvalue weighted by molar-refractivity contribution is 6.01. The molecule has 2 heterocycles. The van der Waals surface area contributed by atoms with Crippen molar-refractivity contribution in [3.8, 4) is 5.75 Å². The first-order chi connectivity index (χ1) is 18.8. The summed E-state index contributed by atoms with van der Waals surface area (Å²) in [6.45, 7) is 6.44. The van der Waals surface area contributed by atoms with Gasteiger partial charge in [-0.2, -0.15) is 4.98 Å². The van der Waals surface area contributed by atoms with Crippen LogP contribution in [0.5, 0.6) is 5.75 Å².